The maximum atomic E-state index is 12.2. The van der Waals surface area contributed by atoms with Gasteiger partial charge in [-0.05, 0) is 37.1 Å². The van der Waals surface area contributed by atoms with Crippen LogP contribution in [0.25, 0.3) is 0 Å². The van der Waals surface area contributed by atoms with E-state index < -0.39 is 32.9 Å². The van der Waals surface area contributed by atoms with Crippen molar-refractivity contribution in [2.24, 2.45) is 5.41 Å². The second-order valence-corrected chi connectivity index (χ2v) is 8.56. The van der Waals surface area contributed by atoms with Crippen molar-refractivity contribution in [2.45, 2.75) is 37.0 Å². The summed E-state index contributed by atoms with van der Waals surface area (Å²) in [5.41, 5.74) is -0.988. The normalized spacial score (nSPS) is 17.2. The number of nitrogens with one attached hydrogen (secondary N) is 1. The largest absolute Gasteiger partial charge is 0.481 e. The van der Waals surface area contributed by atoms with E-state index >= 15 is 0 Å². The SMILES string of the molecule is O=C(CS(=O)(=O)c1ccc(Cl)cc1)NCC1(C(=O)O)CCCCC1. The molecule has 2 rings (SSSR count). The van der Waals surface area contributed by atoms with E-state index in [-0.39, 0.29) is 11.4 Å². The summed E-state index contributed by atoms with van der Waals surface area (Å²) in [5.74, 6) is -2.36. The zero-order valence-corrected chi connectivity index (χ0v) is 14.7. The number of hydrogen-bond donors (Lipinski definition) is 2. The Labute approximate surface area is 146 Å². The molecule has 0 bridgehead atoms. The number of hydrogen-bond acceptors (Lipinski definition) is 4. The Hall–Kier alpha value is -1.60. The second-order valence-electron chi connectivity index (χ2n) is 6.14. The fourth-order valence-corrected chi connectivity index (χ4v) is 4.20. The van der Waals surface area contributed by atoms with Gasteiger partial charge >= 0.3 is 5.97 Å². The molecular weight excluding hydrogens is 354 g/mol. The number of rotatable bonds is 6. The molecule has 6 nitrogen and oxygen atoms in total. The van der Waals surface area contributed by atoms with Crippen LogP contribution in [0.15, 0.2) is 29.2 Å². The molecule has 0 aromatic heterocycles. The quantitative estimate of drug-likeness (QED) is 0.796. The lowest BCUT2D eigenvalue weighted by molar-refractivity contribution is -0.150. The predicted molar refractivity (Wildman–Crippen MR) is 89.7 cm³/mol. The standard InChI is InChI=1S/C16H20ClNO5S/c17-12-4-6-13(7-5-12)24(22,23)10-14(19)18-11-16(15(20)21)8-2-1-3-9-16/h4-7H,1-3,8-11H2,(H,18,19)(H,20,21). The summed E-state index contributed by atoms with van der Waals surface area (Å²) >= 11 is 5.72. The summed E-state index contributed by atoms with van der Waals surface area (Å²) in [4.78, 5) is 23.5. The minimum absolute atomic E-state index is 0.00710. The molecule has 8 heteroatoms. The molecular formula is C16H20ClNO5S. The number of halogens is 1. The third-order valence-electron chi connectivity index (χ3n) is 4.38. The molecule has 1 aliphatic rings. The number of sulfone groups is 1. The fourth-order valence-electron chi connectivity index (χ4n) is 2.91. The van der Waals surface area contributed by atoms with Crippen LogP contribution in [0.2, 0.25) is 5.02 Å². The van der Waals surface area contributed by atoms with Gasteiger partial charge in [0.1, 0.15) is 5.75 Å². The molecule has 2 N–H and O–H groups in total. The Morgan fingerprint density at radius 3 is 2.25 bits per heavy atom. The lowest BCUT2D eigenvalue weighted by atomic mass is 9.74. The van der Waals surface area contributed by atoms with Gasteiger partial charge in [0.25, 0.3) is 0 Å². The Morgan fingerprint density at radius 2 is 1.71 bits per heavy atom. The molecule has 1 fully saturated rings. The highest BCUT2D eigenvalue weighted by Gasteiger charge is 2.40. The summed E-state index contributed by atoms with van der Waals surface area (Å²) < 4.78 is 24.4. The summed E-state index contributed by atoms with van der Waals surface area (Å²) in [6.45, 7) is -0.0443. The van der Waals surface area contributed by atoms with Crippen LogP contribution in [0.1, 0.15) is 32.1 Å². The smallest absolute Gasteiger partial charge is 0.311 e. The molecule has 132 valence electrons. The average molecular weight is 374 g/mol. The van der Waals surface area contributed by atoms with Crippen molar-refractivity contribution >= 4 is 33.3 Å². The zero-order chi connectivity index (χ0) is 17.8. The molecule has 24 heavy (non-hydrogen) atoms. The van der Waals surface area contributed by atoms with E-state index in [9.17, 15) is 23.1 Å². The van der Waals surface area contributed by atoms with E-state index in [1.807, 2.05) is 0 Å². The molecule has 1 aromatic carbocycles. The average Bonchev–Trinajstić information content (AvgIpc) is 2.54. The Bertz CT molecular complexity index is 708. The second kappa shape index (κ2) is 7.53. The number of amides is 1. The van der Waals surface area contributed by atoms with Crippen molar-refractivity contribution < 1.29 is 23.1 Å². The van der Waals surface area contributed by atoms with Crippen LogP contribution in [0.5, 0.6) is 0 Å². The van der Waals surface area contributed by atoms with Crippen LogP contribution >= 0.6 is 11.6 Å². The van der Waals surface area contributed by atoms with Crippen molar-refractivity contribution in [2.75, 3.05) is 12.3 Å². The van der Waals surface area contributed by atoms with E-state index in [0.29, 0.717) is 17.9 Å². The van der Waals surface area contributed by atoms with Crippen LogP contribution in [-0.4, -0.2) is 37.7 Å². The van der Waals surface area contributed by atoms with E-state index in [0.717, 1.165) is 19.3 Å². The first-order valence-electron chi connectivity index (χ1n) is 7.74. The maximum absolute atomic E-state index is 12.2. The zero-order valence-electron chi connectivity index (χ0n) is 13.1. The molecule has 1 aromatic rings. The highest BCUT2D eigenvalue weighted by atomic mass is 35.5. The van der Waals surface area contributed by atoms with E-state index in [2.05, 4.69) is 5.32 Å². The van der Waals surface area contributed by atoms with Gasteiger partial charge in [-0.25, -0.2) is 8.42 Å². The molecule has 0 atom stereocenters. The summed E-state index contributed by atoms with van der Waals surface area (Å²) in [6.07, 6.45) is 3.56. The van der Waals surface area contributed by atoms with Crippen molar-refractivity contribution in [3.05, 3.63) is 29.3 Å². The lowest BCUT2D eigenvalue weighted by Crippen LogP contribution is -2.45. The first-order chi connectivity index (χ1) is 11.3. The summed E-state index contributed by atoms with van der Waals surface area (Å²) in [5, 5.41) is 12.3. The molecule has 1 saturated carbocycles. The lowest BCUT2D eigenvalue weighted by Gasteiger charge is -2.33. The number of carbonyl (C=O) groups is 2. The van der Waals surface area contributed by atoms with Gasteiger partial charge in [0, 0.05) is 11.6 Å². The number of carbonyl (C=O) groups excluding carboxylic acids is 1. The van der Waals surface area contributed by atoms with Gasteiger partial charge in [0.2, 0.25) is 5.91 Å². The molecule has 0 radical (unpaired) electrons. The summed E-state index contributed by atoms with van der Waals surface area (Å²) in [6, 6.07) is 5.55. The number of carboxylic acid groups (broad SMARTS) is 1. The first kappa shape index (κ1) is 18.7. The van der Waals surface area contributed by atoms with Gasteiger partial charge < -0.3 is 10.4 Å². The molecule has 0 saturated heterocycles. The number of benzene rings is 1. The van der Waals surface area contributed by atoms with Gasteiger partial charge in [0.05, 0.1) is 10.3 Å². The highest BCUT2D eigenvalue weighted by Crippen LogP contribution is 2.36. The minimum Gasteiger partial charge on any atom is -0.481 e. The minimum atomic E-state index is -3.79. The van der Waals surface area contributed by atoms with Gasteiger partial charge in [-0.15, -0.1) is 0 Å². The highest BCUT2D eigenvalue weighted by molar-refractivity contribution is 7.92. The Kier molecular flexibility index (Phi) is 5.87. The molecule has 0 unspecified atom stereocenters. The van der Waals surface area contributed by atoms with Crippen LogP contribution in [0.4, 0.5) is 0 Å². The van der Waals surface area contributed by atoms with Gasteiger partial charge in [-0.1, -0.05) is 30.9 Å². The van der Waals surface area contributed by atoms with Crippen LogP contribution in [-0.2, 0) is 19.4 Å². The van der Waals surface area contributed by atoms with Gasteiger partial charge in [-0.2, -0.15) is 0 Å². The molecule has 0 heterocycles. The number of carboxylic acids is 1. The molecule has 0 spiro atoms. The van der Waals surface area contributed by atoms with E-state index in [1.54, 1.807) is 0 Å². The molecule has 1 aliphatic carbocycles. The Balaban J connectivity index is 1.99. The van der Waals surface area contributed by atoms with Gasteiger partial charge in [-0.3, -0.25) is 9.59 Å². The fraction of sp³-hybridized carbons (Fsp3) is 0.500. The molecule has 0 aliphatic heterocycles. The molecule has 1 amide bonds. The van der Waals surface area contributed by atoms with E-state index in [1.165, 1.54) is 24.3 Å². The van der Waals surface area contributed by atoms with Gasteiger partial charge in [0.15, 0.2) is 9.84 Å². The first-order valence-corrected chi connectivity index (χ1v) is 9.77. The third-order valence-corrected chi connectivity index (χ3v) is 6.27. The predicted octanol–water partition coefficient (Wildman–Crippen LogP) is 2.27. The van der Waals surface area contributed by atoms with Crippen LogP contribution in [0, 0.1) is 5.41 Å². The monoisotopic (exact) mass is 373 g/mol. The van der Waals surface area contributed by atoms with Crippen molar-refractivity contribution in [3.8, 4) is 0 Å². The van der Waals surface area contributed by atoms with Crippen molar-refractivity contribution in [1.29, 1.82) is 0 Å². The topological polar surface area (TPSA) is 101 Å². The Morgan fingerprint density at radius 1 is 1.12 bits per heavy atom. The third kappa shape index (κ3) is 4.48. The van der Waals surface area contributed by atoms with Crippen LogP contribution in [0.3, 0.4) is 0 Å². The number of aliphatic carboxylic acids is 1. The van der Waals surface area contributed by atoms with Crippen molar-refractivity contribution in [3.63, 3.8) is 0 Å². The summed E-state index contributed by atoms with van der Waals surface area (Å²) in [7, 11) is -3.79. The van der Waals surface area contributed by atoms with Crippen LogP contribution < -0.4 is 5.32 Å². The van der Waals surface area contributed by atoms with Crippen molar-refractivity contribution in [1.82, 2.24) is 5.32 Å². The van der Waals surface area contributed by atoms with E-state index in [4.69, 9.17) is 11.6 Å². The maximum Gasteiger partial charge on any atom is 0.311 e.